The van der Waals surface area contributed by atoms with Crippen LogP contribution in [0.4, 0.5) is 5.69 Å². The number of fused-ring (bicyclic) bond motifs is 1. The van der Waals surface area contributed by atoms with E-state index < -0.39 is 5.91 Å². The Morgan fingerprint density at radius 3 is 2.56 bits per heavy atom. The lowest BCUT2D eigenvalue weighted by atomic mass is 9.91. The van der Waals surface area contributed by atoms with Crippen molar-refractivity contribution >= 4 is 22.5 Å². The van der Waals surface area contributed by atoms with Gasteiger partial charge in [-0.1, -0.05) is 6.07 Å². The highest BCUT2D eigenvalue weighted by atomic mass is 16.3. The van der Waals surface area contributed by atoms with Gasteiger partial charge in [0.1, 0.15) is 11.3 Å². The fourth-order valence-corrected chi connectivity index (χ4v) is 3.17. The Labute approximate surface area is 146 Å². The largest absolute Gasteiger partial charge is 0.508 e. The number of carbonyl (C=O) groups is 1. The summed E-state index contributed by atoms with van der Waals surface area (Å²) in [6.07, 6.45) is 1.88. The van der Waals surface area contributed by atoms with Gasteiger partial charge in [-0.15, -0.1) is 0 Å². The zero-order valence-electron chi connectivity index (χ0n) is 14.8. The molecule has 0 fully saturated rings. The minimum Gasteiger partial charge on any atom is -0.508 e. The first-order valence-electron chi connectivity index (χ1n) is 8.13. The number of nitrogens with two attached hydrogens (primary N) is 2. The van der Waals surface area contributed by atoms with E-state index in [9.17, 15) is 9.90 Å². The number of phenols is 1. The summed E-state index contributed by atoms with van der Waals surface area (Å²) in [5.41, 5.74) is 16.1. The Kier molecular flexibility index (Phi) is 3.91. The third-order valence-corrected chi connectivity index (χ3v) is 4.55. The van der Waals surface area contributed by atoms with Crippen LogP contribution >= 0.6 is 0 Å². The zero-order chi connectivity index (χ0) is 18.5. The summed E-state index contributed by atoms with van der Waals surface area (Å²) in [6.45, 7) is 7.77. The van der Waals surface area contributed by atoms with E-state index in [4.69, 9.17) is 11.5 Å². The standard InChI is InChI=1S/C19H22N4O2/c1-9(2)23-8-12-7-13(15-10(3)5-6-14(24)11(15)4)17(20)16(19(21)25)18(12)22-23/h5-9,24H,20H2,1-4H3,(H2,21,25). The Morgan fingerprint density at radius 2 is 1.96 bits per heavy atom. The van der Waals surface area contributed by atoms with Crippen LogP contribution in [-0.2, 0) is 0 Å². The molecule has 2 aromatic carbocycles. The molecule has 0 radical (unpaired) electrons. The topological polar surface area (TPSA) is 107 Å². The van der Waals surface area contributed by atoms with E-state index in [0.717, 1.165) is 16.5 Å². The van der Waals surface area contributed by atoms with Crippen LogP contribution in [0.15, 0.2) is 24.4 Å². The van der Waals surface area contributed by atoms with Crippen LogP contribution in [0.1, 0.15) is 41.4 Å². The lowest BCUT2D eigenvalue weighted by molar-refractivity contribution is 0.100. The summed E-state index contributed by atoms with van der Waals surface area (Å²) >= 11 is 0. The summed E-state index contributed by atoms with van der Waals surface area (Å²) in [5, 5.41) is 15.4. The molecule has 0 aliphatic heterocycles. The molecule has 1 heterocycles. The van der Waals surface area contributed by atoms with Gasteiger partial charge in [-0.3, -0.25) is 9.48 Å². The van der Waals surface area contributed by atoms with Gasteiger partial charge in [-0.2, -0.15) is 5.10 Å². The summed E-state index contributed by atoms with van der Waals surface area (Å²) in [6, 6.07) is 5.51. The van der Waals surface area contributed by atoms with Crippen molar-refractivity contribution in [3.8, 4) is 16.9 Å². The molecule has 0 aliphatic rings. The van der Waals surface area contributed by atoms with Crippen molar-refractivity contribution in [2.24, 2.45) is 5.73 Å². The van der Waals surface area contributed by atoms with Gasteiger partial charge in [-0.25, -0.2) is 0 Å². The normalized spacial score (nSPS) is 11.4. The van der Waals surface area contributed by atoms with E-state index in [1.165, 1.54) is 0 Å². The maximum atomic E-state index is 12.1. The number of hydrogen-bond donors (Lipinski definition) is 3. The highest BCUT2D eigenvalue weighted by molar-refractivity contribution is 6.13. The van der Waals surface area contributed by atoms with Crippen LogP contribution < -0.4 is 11.5 Å². The molecule has 3 aromatic rings. The number of benzene rings is 2. The van der Waals surface area contributed by atoms with Crippen LogP contribution in [0.25, 0.3) is 22.0 Å². The quantitative estimate of drug-likeness (QED) is 0.637. The molecular formula is C19H22N4O2. The van der Waals surface area contributed by atoms with Gasteiger partial charge in [0.05, 0.1) is 11.3 Å². The molecule has 0 aliphatic carbocycles. The number of aromatic nitrogens is 2. The number of hydrogen-bond acceptors (Lipinski definition) is 4. The van der Waals surface area contributed by atoms with Crippen molar-refractivity contribution in [3.05, 3.63) is 41.1 Å². The Balaban J connectivity index is 2.43. The van der Waals surface area contributed by atoms with Gasteiger partial charge in [0, 0.05) is 23.2 Å². The van der Waals surface area contributed by atoms with Crippen LogP contribution in [-0.4, -0.2) is 20.8 Å². The molecule has 1 aromatic heterocycles. The van der Waals surface area contributed by atoms with Crippen molar-refractivity contribution in [3.63, 3.8) is 0 Å². The second-order valence-corrected chi connectivity index (χ2v) is 6.62. The monoisotopic (exact) mass is 338 g/mol. The van der Waals surface area contributed by atoms with E-state index in [0.29, 0.717) is 16.6 Å². The van der Waals surface area contributed by atoms with Gasteiger partial charge in [0.2, 0.25) is 0 Å². The number of nitrogen functional groups attached to an aromatic ring is 1. The van der Waals surface area contributed by atoms with E-state index in [-0.39, 0.29) is 23.0 Å². The average Bonchev–Trinajstić information content (AvgIpc) is 2.95. The van der Waals surface area contributed by atoms with Crippen LogP contribution in [0, 0.1) is 13.8 Å². The molecule has 0 saturated carbocycles. The SMILES string of the molecule is Cc1ccc(O)c(C)c1-c1cc2cn(C(C)C)nc2c(C(N)=O)c1N. The predicted octanol–water partition coefficient (Wildman–Crippen LogP) is 3.29. The first-order chi connectivity index (χ1) is 11.7. The Hall–Kier alpha value is -3.02. The summed E-state index contributed by atoms with van der Waals surface area (Å²) in [5.74, 6) is -0.438. The highest BCUT2D eigenvalue weighted by Gasteiger charge is 2.22. The number of phenolic OH excluding ortho intramolecular Hbond substituents is 1. The molecule has 0 saturated heterocycles. The van der Waals surface area contributed by atoms with E-state index in [1.54, 1.807) is 10.7 Å². The molecule has 5 N–H and O–H groups in total. The number of carbonyl (C=O) groups excluding carboxylic acids is 1. The van der Waals surface area contributed by atoms with Gasteiger partial charge in [0.25, 0.3) is 5.91 Å². The number of rotatable bonds is 3. The maximum absolute atomic E-state index is 12.1. The lowest BCUT2D eigenvalue weighted by Gasteiger charge is -2.16. The molecule has 6 heteroatoms. The first-order valence-corrected chi connectivity index (χ1v) is 8.13. The molecule has 0 spiro atoms. The fraction of sp³-hybridized carbons (Fsp3) is 0.263. The smallest absolute Gasteiger partial charge is 0.253 e. The molecule has 6 nitrogen and oxygen atoms in total. The molecule has 130 valence electrons. The second kappa shape index (κ2) is 5.81. The summed E-state index contributed by atoms with van der Waals surface area (Å²) in [4.78, 5) is 12.1. The van der Waals surface area contributed by atoms with Gasteiger partial charge >= 0.3 is 0 Å². The van der Waals surface area contributed by atoms with Crippen LogP contribution in [0.2, 0.25) is 0 Å². The molecule has 0 atom stereocenters. The number of primary amides is 1. The minimum absolute atomic E-state index is 0.141. The summed E-state index contributed by atoms with van der Waals surface area (Å²) in [7, 11) is 0. The molecule has 25 heavy (non-hydrogen) atoms. The third-order valence-electron chi connectivity index (χ3n) is 4.55. The van der Waals surface area contributed by atoms with Crippen molar-refractivity contribution in [1.82, 2.24) is 9.78 Å². The number of anilines is 1. The average molecular weight is 338 g/mol. The molecular weight excluding hydrogens is 316 g/mol. The van der Waals surface area contributed by atoms with E-state index >= 15 is 0 Å². The van der Waals surface area contributed by atoms with Crippen LogP contribution in [0.3, 0.4) is 0 Å². The summed E-state index contributed by atoms with van der Waals surface area (Å²) < 4.78 is 1.78. The Bertz CT molecular complexity index is 1000. The Morgan fingerprint density at radius 1 is 1.28 bits per heavy atom. The third kappa shape index (κ3) is 2.59. The predicted molar refractivity (Wildman–Crippen MR) is 99.6 cm³/mol. The number of nitrogens with zero attached hydrogens (tertiary/aromatic N) is 2. The van der Waals surface area contributed by atoms with Crippen molar-refractivity contribution in [1.29, 1.82) is 0 Å². The number of aryl methyl sites for hydroxylation is 1. The van der Waals surface area contributed by atoms with Gasteiger partial charge in [0.15, 0.2) is 0 Å². The molecule has 0 unspecified atom stereocenters. The molecule has 0 bridgehead atoms. The lowest BCUT2D eigenvalue weighted by Crippen LogP contribution is -2.15. The molecule has 1 amide bonds. The number of amides is 1. The minimum atomic E-state index is -0.617. The highest BCUT2D eigenvalue weighted by Crippen LogP contribution is 2.39. The second-order valence-electron chi connectivity index (χ2n) is 6.62. The maximum Gasteiger partial charge on any atom is 0.253 e. The van der Waals surface area contributed by atoms with Crippen molar-refractivity contribution in [2.45, 2.75) is 33.7 Å². The van der Waals surface area contributed by atoms with Crippen molar-refractivity contribution in [2.75, 3.05) is 5.73 Å². The van der Waals surface area contributed by atoms with Crippen LogP contribution in [0.5, 0.6) is 5.75 Å². The van der Waals surface area contributed by atoms with E-state index in [1.807, 2.05) is 46.0 Å². The van der Waals surface area contributed by atoms with Crippen molar-refractivity contribution < 1.29 is 9.90 Å². The van der Waals surface area contributed by atoms with Gasteiger partial charge in [-0.05, 0) is 56.5 Å². The molecule has 3 rings (SSSR count). The number of aromatic hydroxyl groups is 1. The first kappa shape index (κ1) is 16.8. The van der Waals surface area contributed by atoms with Gasteiger partial charge < -0.3 is 16.6 Å². The fourth-order valence-electron chi connectivity index (χ4n) is 3.17. The van der Waals surface area contributed by atoms with E-state index in [2.05, 4.69) is 5.10 Å². The zero-order valence-corrected chi connectivity index (χ0v) is 14.8.